The Morgan fingerprint density at radius 2 is 1.81 bits per heavy atom. The monoisotopic (exact) mass is 498 g/mol. The van der Waals surface area contributed by atoms with E-state index in [4.69, 9.17) is 20.3 Å². The number of rotatable bonds is 7. The van der Waals surface area contributed by atoms with Crippen LogP contribution in [0.25, 0.3) is 17.2 Å². The summed E-state index contributed by atoms with van der Waals surface area (Å²) in [6.07, 6.45) is 0.205. The van der Waals surface area contributed by atoms with Crippen molar-refractivity contribution in [3.05, 3.63) is 77.1 Å². The molecule has 3 N–H and O–H groups in total. The predicted octanol–water partition coefficient (Wildman–Crippen LogP) is 3.29. The molecule has 10 nitrogen and oxygen atoms in total. The molecule has 0 saturated heterocycles. The first-order chi connectivity index (χ1) is 17.8. The van der Waals surface area contributed by atoms with Crippen LogP contribution in [0.1, 0.15) is 34.9 Å². The second-order valence-electron chi connectivity index (χ2n) is 8.81. The number of hydrogen-bond donors (Lipinski definition) is 2. The zero-order chi connectivity index (χ0) is 26.1. The number of nitrogens with two attached hydrogens (primary N) is 1. The zero-order valence-electron chi connectivity index (χ0n) is 20.7. The van der Waals surface area contributed by atoms with Gasteiger partial charge in [0.15, 0.2) is 18.1 Å². The summed E-state index contributed by atoms with van der Waals surface area (Å²) < 4.78 is 12.6. The fourth-order valence-electron chi connectivity index (χ4n) is 4.56. The topological polar surface area (TPSA) is 134 Å². The van der Waals surface area contributed by atoms with Crippen molar-refractivity contribution in [3.8, 4) is 28.7 Å². The fourth-order valence-corrected chi connectivity index (χ4v) is 4.56. The maximum Gasteiger partial charge on any atom is 0.255 e. The number of aryl methyl sites for hydroxylation is 2. The van der Waals surface area contributed by atoms with Crippen LogP contribution in [0.2, 0.25) is 0 Å². The van der Waals surface area contributed by atoms with E-state index in [2.05, 4.69) is 15.3 Å². The summed E-state index contributed by atoms with van der Waals surface area (Å²) in [5, 5.41) is 7.91. The molecule has 3 heterocycles. The number of primary amides is 1. The molecule has 2 amide bonds. The number of anilines is 1. The number of carbonyl (C=O) groups is 2. The number of nitrogens with zero attached hydrogens (tertiary/aromatic N) is 4. The van der Waals surface area contributed by atoms with Gasteiger partial charge >= 0.3 is 0 Å². The van der Waals surface area contributed by atoms with E-state index in [1.807, 2.05) is 62.4 Å². The first-order valence-corrected chi connectivity index (χ1v) is 11.7. The van der Waals surface area contributed by atoms with Crippen LogP contribution >= 0.6 is 0 Å². The molecule has 4 aromatic rings. The molecule has 10 heteroatoms. The molecule has 1 aliphatic rings. The Bertz CT molecular complexity index is 1480. The van der Waals surface area contributed by atoms with Gasteiger partial charge in [-0.3, -0.25) is 9.59 Å². The first-order valence-electron chi connectivity index (χ1n) is 11.7. The highest BCUT2D eigenvalue weighted by atomic mass is 16.5. The molecule has 1 aliphatic heterocycles. The highest BCUT2D eigenvalue weighted by Crippen LogP contribution is 2.45. The molecule has 0 fully saturated rings. The summed E-state index contributed by atoms with van der Waals surface area (Å²) >= 11 is 0. The summed E-state index contributed by atoms with van der Waals surface area (Å²) in [4.78, 5) is 33.3. The molecule has 0 saturated carbocycles. The maximum atomic E-state index is 13.0. The Balaban J connectivity index is 1.69. The largest absolute Gasteiger partial charge is 0.493 e. The standard InChI is InChI=1S/C27H26N6O4/c1-15-11-16(2)30-27(29-15)33-26-24(25(32-33)17-7-5-4-6-8-17)19(13-23(35)31-26)18-9-10-20(21(12-18)36-3)37-14-22(28)34/h4-12,19H,13-14H2,1-3H3,(H2,28,34)(H,31,35)/t19-/m0/s1. The van der Waals surface area contributed by atoms with Gasteiger partial charge in [-0.2, -0.15) is 9.78 Å². The van der Waals surface area contributed by atoms with Crippen molar-refractivity contribution in [2.45, 2.75) is 26.2 Å². The molecule has 0 radical (unpaired) electrons. The van der Waals surface area contributed by atoms with E-state index >= 15 is 0 Å². The van der Waals surface area contributed by atoms with E-state index in [-0.39, 0.29) is 24.9 Å². The lowest BCUT2D eigenvalue weighted by Gasteiger charge is -2.25. The number of ether oxygens (including phenoxy) is 2. The Kier molecular flexibility index (Phi) is 6.31. The van der Waals surface area contributed by atoms with Crippen molar-refractivity contribution < 1.29 is 19.1 Å². The average molecular weight is 499 g/mol. The molecule has 2 aromatic heterocycles. The van der Waals surface area contributed by atoms with E-state index in [1.165, 1.54) is 7.11 Å². The molecular formula is C27H26N6O4. The summed E-state index contributed by atoms with van der Waals surface area (Å²) in [6.45, 7) is 3.51. The quantitative estimate of drug-likeness (QED) is 0.399. The van der Waals surface area contributed by atoms with Gasteiger partial charge in [-0.25, -0.2) is 9.97 Å². The molecule has 0 bridgehead atoms. The lowest BCUT2D eigenvalue weighted by molar-refractivity contribution is -0.120. The molecule has 0 spiro atoms. The highest BCUT2D eigenvalue weighted by molar-refractivity contribution is 5.96. The minimum absolute atomic E-state index is 0.157. The van der Waals surface area contributed by atoms with Gasteiger partial charge in [-0.1, -0.05) is 36.4 Å². The van der Waals surface area contributed by atoms with E-state index in [0.717, 1.165) is 33.8 Å². The summed E-state index contributed by atoms with van der Waals surface area (Å²) in [5.74, 6) is 0.634. The van der Waals surface area contributed by atoms with Gasteiger partial charge in [-0.15, -0.1) is 0 Å². The average Bonchev–Trinajstić information content (AvgIpc) is 3.26. The summed E-state index contributed by atoms with van der Waals surface area (Å²) in [5.41, 5.74) is 10.1. The van der Waals surface area contributed by atoms with Crippen LogP contribution in [-0.4, -0.2) is 45.3 Å². The number of amides is 2. The number of fused-ring (bicyclic) bond motifs is 1. The number of hydrogen-bond acceptors (Lipinski definition) is 7. The maximum absolute atomic E-state index is 13.0. The van der Waals surface area contributed by atoms with Crippen molar-refractivity contribution in [1.82, 2.24) is 19.7 Å². The first kappa shape index (κ1) is 24.0. The third kappa shape index (κ3) is 4.73. The minimum atomic E-state index is -0.590. The van der Waals surface area contributed by atoms with Gasteiger partial charge in [-0.05, 0) is 37.6 Å². The molecular weight excluding hydrogens is 472 g/mol. The van der Waals surface area contributed by atoms with Crippen LogP contribution in [0.5, 0.6) is 11.5 Å². The van der Waals surface area contributed by atoms with E-state index < -0.39 is 5.91 Å². The molecule has 1 atom stereocenters. The summed E-state index contributed by atoms with van der Waals surface area (Å²) in [7, 11) is 1.51. The van der Waals surface area contributed by atoms with Gasteiger partial charge in [0.05, 0.1) is 12.8 Å². The molecule has 5 rings (SSSR count). The number of methoxy groups -OCH3 is 1. The third-order valence-corrected chi connectivity index (χ3v) is 6.08. The summed E-state index contributed by atoms with van der Waals surface area (Å²) in [6, 6.07) is 17.0. The van der Waals surface area contributed by atoms with Gasteiger partial charge in [0, 0.05) is 34.9 Å². The van der Waals surface area contributed by atoms with Crippen LogP contribution in [0.4, 0.5) is 5.82 Å². The molecule has 0 unspecified atom stereocenters. The van der Waals surface area contributed by atoms with Crippen molar-refractivity contribution in [1.29, 1.82) is 0 Å². The van der Waals surface area contributed by atoms with Crippen molar-refractivity contribution in [2.24, 2.45) is 5.73 Å². The van der Waals surface area contributed by atoms with E-state index in [0.29, 0.717) is 23.3 Å². The van der Waals surface area contributed by atoms with Crippen LogP contribution in [0, 0.1) is 13.8 Å². The molecule has 37 heavy (non-hydrogen) atoms. The van der Waals surface area contributed by atoms with Gasteiger partial charge < -0.3 is 20.5 Å². The van der Waals surface area contributed by atoms with E-state index in [9.17, 15) is 9.59 Å². The van der Waals surface area contributed by atoms with Crippen LogP contribution in [0.15, 0.2) is 54.6 Å². The highest BCUT2D eigenvalue weighted by Gasteiger charge is 2.35. The minimum Gasteiger partial charge on any atom is -0.493 e. The van der Waals surface area contributed by atoms with Crippen molar-refractivity contribution in [3.63, 3.8) is 0 Å². The number of nitrogens with one attached hydrogen (secondary N) is 1. The van der Waals surface area contributed by atoms with Crippen molar-refractivity contribution in [2.75, 3.05) is 19.0 Å². The normalized spacial score (nSPS) is 14.6. The Morgan fingerprint density at radius 1 is 1.08 bits per heavy atom. The number of aromatic nitrogens is 4. The van der Waals surface area contributed by atoms with E-state index in [1.54, 1.807) is 10.7 Å². The van der Waals surface area contributed by atoms with Gasteiger partial charge in [0.25, 0.3) is 11.9 Å². The smallest absolute Gasteiger partial charge is 0.255 e. The van der Waals surface area contributed by atoms with Crippen molar-refractivity contribution >= 4 is 17.6 Å². The third-order valence-electron chi connectivity index (χ3n) is 6.08. The van der Waals surface area contributed by atoms with Gasteiger partial charge in [0.2, 0.25) is 5.91 Å². The van der Waals surface area contributed by atoms with Crippen LogP contribution in [0.3, 0.4) is 0 Å². The molecule has 2 aromatic carbocycles. The zero-order valence-corrected chi connectivity index (χ0v) is 20.7. The Labute approximate surface area is 213 Å². The van der Waals surface area contributed by atoms with Crippen LogP contribution < -0.4 is 20.5 Å². The Morgan fingerprint density at radius 3 is 2.49 bits per heavy atom. The van der Waals surface area contributed by atoms with Crippen LogP contribution in [-0.2, 0) is 9.59 Å². The lowest BCUT2D eigenvalue weighted by Crippen LogP contribution is -2.25. The predicted molar refractivity (Wildman–Crippen MR) is 137 cm³/mol. The SMILES string of the molecule is COc1cc([C@@H]2CC(=O)Nc3c2c(-c2ccccc2)nn3-c2nc(C)cc(C)n2)ccc1OCC(N)=O. The number of benzene rings is 2. The second-order valence-corrected chi connectivity index (χ2v) is 8.81. The molecule has 188 valence electrons. The second kappa shape index (κ2) is 9.73. The van der Waals surface area contributed by atoms with Gasteiger partial charge in [0.1, 0.15) is 5.82 Å². The molecule has 0 aliphatic carbocycles. The lowest BCUT2D eigenvalue weighted by atomic mass is 9.84. The Hall–Kier alpha value is -4.73. The number of carbonyl (C=O) groups excluding carboxylic acids is 2. The fraction of sp³-hybridized carbons (Fsp3) is 0.222.